The first-order chi connectivity index (χ1) is 9.34. The van der Waals surface area contributed by atoms with E-state index in [1.165, 1.54) is 48.8 Å². The fourth-order valence-electron chi connectivity index (χ4n) is 3.15. The summed E-state index contributed by atoms with van der Waals surface area (Å²) in [7, 11) is 0. The van der Waals surface area contributed by atoms with E-state index < -0.39 is 0 Å². The molecule has 1 fully saturated rings. The van der Waals surface area contributed by atoms with Gasteiger partial charge in [-0.2, -0.15) is 0 Å². The first kappa shape index (κ1) is 12.4. The van der Waals surface area contributed by atoms with Crippen molar-refractivity contribution < 1.29 is 0 Å². The molecule has 3 rings (SSSR count). The third-order valence-corrected chi connectivity index (χ3v) is 4.22. The number of hydrogen-bond donors (Lipinski definition) is 0. The largest absolute Gasteiger partial charge is 0.256 e. The molecule has 1 heteroatoms. The van der Waals surface area contributed by atoms with Gasteiger partial charge in [-0.05, 0) is 36.8 Å². The lowest BCUT2D eigenvalue weighted by Gasteiger charge is -2.22. The van der Waals surface area contributed by atoms with Crippen LogP contribution in [0, 0.1) is 6.92 Å². The Balaban J connectivity index is 1.89. The monoisotopic (exact) mass is 251 g/mol. The minimum atomic E-state index is 0.741. The normalized spacial score (nSPS) is 16.5. The Labute approximate surface area is 115 Å². The lowest BCUT2D eigenvalue weighted by atomic mass is 9.84. The standard InChI is InChI=1S/C18H21N/c1-14-12-17(15-8-4-2-5-9-15)13-19-18(14)16-10-6-3-7-11-16/h3,6-7,10-13,15H,2,4-5,8-9H2,1H3. The van der Waals surface area contributed by atoms with Crippen LogP contribution in [-0.4, -0.2) is 4.98 Å². The van der Waals surface area contributed by atoms with Crippen LogP contribution in [0.15, 0.2) is 42.6 Å². The van der Waals surface area contributed by atoms with Crippen LogP contribution in [-0.2, 0) is 0 Å². The highest BCUT2D eigenvalue weighted by Gasteiger charge is 2.16. The fraction of sp³-hybridized carbons (Fsp3) is 0.389. The van der Waals surface area contributed by atoms with Gasteiger partial charge in [-0.1, -0.05) is 55.7 Å². The van der Waals surface area contributed by atoms with Gasteiger partial charge in [-0.25, -0.2) is 0 Å². The molecule has 1 nitrogen and oxygen atoms in total. The van der Waals surface area contributed by atoms with Gasteiger partial charge in [0.25, 0.3) is 0 Å². The summed E-state index contributed by atoms with van der Waals surface area (Å²) < 4.78 is 0. The summed E-state index contributed by atoms with van der Waals surface area (Å²) in [4.78, 5) is 4.72. The third kappa shape index (κ3) is 2.70. The molecule has 1 aromatic carbocycles. The van der Waals surface area contributed by atoms with Crippen molar-refractivity contribution in [2.45, 2.75) is 44.9 Å². The summed E-state index contributed by atoms with van der Waals surface area (Å²) in [6.07, 6.45) is 8.95. The second-order valence-corrected chi connectivity index (χ2v) is 5.64. The van der Waals surface area contributed by atoms with Crippen molar-refractivity contribution in [1.29, 1.82) is 0 Å². The minimum absolute atomic E-state index is 0.741. The molecular weight excluding hydrogens is 230 g/mol. The summed E-state index contributed by atoms with van der Waals surface area (Å²) in [5, 5.41) is 0. The summed E-state index contributed by atoms with van der Waals surface area (Å²) in [5.74, 6) is 0.741. The number of nitrogens with zero attached hydrogens (tertiary/aromatic N) is 1. The zero-order chi connectivity index (χ0) is 13.1. The van der Waals surface area contributed by atoms with Gasteiger partial charge < -0.3 is 0 Å². The third-order valence-electron chi connectivity index (χ3n) is 4.22. The van der Waals surface area contributed by atoms with Crippen LogP contribution in [0.3, 0.4) is 0 Å². The molecule has 0 atom stereocenters. The Kier molecular flexibility index (Phi) is 3.63. The number of rotatable bonds is 2. The molecule has 0 saturated heterocycles. The number of aromatic nitrogens is 1. The molecule has 1 saturated carbocycles. The van der Waals surface area contributed by atoms with Crippen LogP contribution in [0.2, 0.25) is 0 Å². The molecule has 0 spiro atoms. The van der Waals surface area contributed by atoms with E-state index in [1.807, 2.05) is 0 Å². The maximum absolute atomic E-state index is 4.72. The zero-order valence-electron chi connectivity index (χ0n) is 11.6. The highest BCUT2D eigenvalue weighted by atomic mass is 14.7. The van der Waals surface area contributed by atoms with Crippen molar-refractivity contribution in [3.05, 3.63) is 53.7 Å². The van der Waals surface area contributed by atoms with E-state index in [0.717, 1.165) is 11.6 Å². The van der Waals surface area contributed by atoms with Crippen LogP contribution >= 0.6 is 0 Å². The van der Waals surface area contributed by atoms with Crippen LogP contribution in [0.1, 0.15) is 49.1 Å². The smallest absolute Gasteiger partial charge is 0.0731 e. The fourth-order valence-corrected chi connectivity index (χ4v) is 3.15. The van der Waals surface area contributed by atoms with Gasteiger partial charge in [-0.3, -0.25) is 4.98 Å². The zero-order valence-corrected chi connectivity index (χ0v) is 11.6. The minimum Gasteiger partial charge on any atom is -0.256 e. The number of pyridine rings is 1. The highest BCUT2D eigenvalue weighted by molar-refractivity contribution is 5.62. The summed E-state index contributed by atoms with van der Waals surface area (Å²) in [6, 6.07) is 12.8. The van der Waals surface area contributed by atoms with Gasteiger partial charge in [0.15, 0.2) is 0 Å². The van der Waals surface area contributed by atoms with E-state index >= 15 is 0 Å². The molecule has 19 heavy (non-hydrogen) atoms. The Morgan fingerprint density at radius 1 is 1.00 bits per heavy atom. The van der Waals surface area contributed by atoms with Gasteiger partial charge in [0.2, 0.25) is 0 Å². The number of aryl methyl sites for hydroxylation is 1. The van der Waals surface area contributed by atoms with Crippen LogP contribution in [0.25, 0.3) is 11.3 Å². The summed E-state index contributed by atoms with van der Waals surface area (Å²) in [6.45, 7) is 2.18. The molecule has 1 heterocycles. The molecule has 0 unspecified atom stereocenters. The van der Waals surface area contributed by atoms with Gasteiger partial charge >= 0.3 is 0 Å². The van der Waals surface area contributed by atoms with E-state index in [-0.39, 0.29) is 0 Å². The molecule has 1 aliphatic rings. The second kappa shape index (κ2) is 5.56. The van der Waals surface area contributed by atoms with E-state index in [9.17, 15) is 0 Å². The molecule has 1 aromatic heterocycles. The summed E-state index contributed by atoms with van der Waals surface area (Å²) >= 11 is 0. The second-order valence-electron chi connectivity index (χ2n) is 5.64. The lowest BCUT2D eigenvalue weighted by molar-refractivity contribution is 0.443. The molecule has 0 bridgehead atoms. The topological polar surface area (TPSA) is 12.9 Å². The SMILES string of the molecule is Cc1cc(C2CCCCC2)cnc1-c1ccccc1. The molecule has 0 radical (unpaired) electrons. The first-order valence-corrected chi connectivity index (χ1v) is 7.36. The van der Waals surface area contributed by atoms with Crippen molar-refractivity contribution in [3.63, 3.8) is 0 Å². The molecule has 1 aliphatic carbocycles. The average molecular weight is 251 g/mol. The lowest BCUT2D eigenvalue weighted by Crippen LogP contribution is -2.05. The predicted octanol–water partition coefficient (Wildman–Crippen LogP) is 5.10. The maximum Gasteiger partial charge on any atom is 0.0731 e. The van der Waals surface area contributed by atoms with Gasteiger partial charge in [0.1, 0.15) is 0 Å². The molecule has 0 amide bonds. The number of hydrogen-bond acceptors (Lipinski definition) is 1. The van der Waals surface area contributed by atoms with Crippen molar-refractivity contribution in [1.82, 2.24) is 4.98 Å². The highest BCUT2D eigenvalue weighted by Crippen LogP contribution is 2.33. The Hall–Kier alpha value is -1.63. The van der Waals surface area contributed by atoms with E-state index in [0.29, 0.717) is 0 Å². The molecule has 98 valence electrons. The van der Waals surface area contributed by atoms with Crippen LogP contribution in [0.5, 0.6) is 0 Å². The van der Waals surface area contributed by atoms with E-state index in [4.69, 9.17) is 4.98 Å². The average Bonchev–Trinajstić information content (AvgIpc) is 2.49. The first-order valence-electron chi connectivity index (χ1n) is 7.36. The molecule has 2 aromatic rings. The van der Waals surface area contributed by atoms with Crippen LogP contribution in [0.4, 0.5) is 0 Å². The Bertz CT molecular complexity index is 539. The van der Waals surface area contributed by atoms with Crippen LogP contribution < -0.4 is 0 Å². The van der Waals surface area contributed by atoms with Crippen molar-refractivity contribution >= 4 is 0 Å². The maximum atomic E-state index is 4.72. The Morgan fingerprint density at radius 2 is 1.74 bits per heavy atom. The van der Waals surface area contributed by atoms with Crippen molar-refractivity contribution in [2.75, 3.05) is 0 Å². The summed E-state index contributed by atoms with van der Waals surface area (Å²) in [5.41, 5.74) is 5.08. The van der Waals surface area contributed by atoms with Gasteiger partial charge in [0.05, 0.1) is 5.69 Å². The molecule has 0 N–H and O–H groups in total. The van der Waals surface area contributed by atoms with Crippen molar-refractivity contribution in [3.8, 4) is 11.3 Å². The molecule has 0 aliphatic heterocycles. The Morgan fingerprint density at radius 3 is 2.42 bits per heavy atom. The predicted molar refractivity (Wildman–Crippen MR) is 80.2 cm³/mol. The van der Waals surface area contributed by atoms with E-state index in [2.05, 4.69) is 49.5 Å². The number of benzene rings is 1. The molecular formula is C18H21N. The quantitative estimate of drug-likeness (QED) is 0.723. The van der Waals surface area contributed by atoms with Crippen molar-refractivity contribution in [2.24, 2.45) is 0 Å². The van der Waals surface area contributed by atoms with Gasteiger partial charge in [-0.15, -0.1) is 0 Å². The van der Waals surface area contributed by atoms with Gasteiger partial charge in [0, 0.05) is 11.8 Å². The van der Waals surface area contributed by atoms with E-state index in [1.54, 1.807) is 0 Å².